The Morgan fingerprint density at radius 3 is 1.60 bits per heavy atom. The molecule has 0 radical (unpaired) electrons. The Hall–Kier alpha value is -6.77. The van der Waals surface area contributed by atoms with Crippen molar-refractivity contribution in [2.45, 2.75) is 19.4 Å². The summed E-state index contributed by atoms with van der Waals surface area (Å²) in [6, 6.07) is 23.5. The lowest BCUT2D eigenvalue weighted by molar-refractivity contribution is -0.150. The molecule has 2 bridgehead atoms. The second-order valence-corrected chi connectivity index (χ2v) is 13.2. The number of allylic oxidation sites excluding steroid dienone is 1. The van der Waals surface area contributed by atoms with E-state index in [4.69, 9.17) is 0 Å². The van der Waals surface area contributed by atoms with Crippen molar-refractivity contribution in [3.8, 4) is 0 Å². The predicted molar refractivity (Wildman–Crippen MR) is 187 cm³/mol. The van der Waals surface area contributed by atoms with E-state index in [0.29, 0.717) is 17.1 Å². The van der Waals surface area contributed by atoms with E-state index >= 15 is 0 Å². The first-order valence-electron chi connectivity index (χ1n) is 16.6. The molecule has 2 aliphatic heterocycles. The molecule has 6 atom stereocenters. The molecule has 4 aromatic rings. The van der Waals surface area contributed by atoms with Crippen LogP contribution in [0.15, 0.2) is 120 Å². The second kappa shape index (κ2) is 12.2. The fraction of sp³-hybridized carbons (Fsp3) is 0.216. The molecular weight excluding hydrogens is 664 g/mol. The van der Waals surface area contributed by atoms with Crippen LogP contribution >= 0.6 is 0 Å². The number of hydrogen-bond acceptors (Lipinski definition) is 12. The van der Waals surface area contributed by atoms with Gasteiger partial charge in [0, 0.05) is 29.6 Å². The third-order valence-corrected chi connectivity index (χ3v) is 10.4. The lowest BCUT2D eigenvalue weighted by Crippen LogP contribution is -2.73. The van der Waals surface area contributed by atoms with Crippen LogP contribution in [-0.4, -0.2) is 65.8 Å². The molecule has 0 spiro atoms. The van der Waals surface area contributed by atoms with E-state index in [-0.39, 0.29) is 17.2 Å². The molecule has 5 heterocycles. The summed E-state index contributed by atoms with van der Waals surface area (Å²) in [6.45, 7) is 3.40. The van der Waals surface area contributed by atoms with Crippen molar-refractivity contribution in [3.05, 3.63) is 121 Å². The van der Waals surface area contributed by atoms with Crippen LogP contribution in [0, 0.1) is 29.1 Å². The van der Waals surface area contributed by atoms with Crippen molar-refractivity contribution in [1.82, 2.24) is 30.3 Å². The first-order chi connectivity index (χ1) is 25.1. The predicted octanol–water partition coefficient (Wildman–Crippen LogP) is 3.04. The number of benzene rings is 1. The highest BCUT2D eigenvalue weighted by atomic mass is 16.2. The van der Waals surface area contributed by atoms with Crippen molar-refractivity contribution in [3.63, 3.8) is 0 Å². The number of hydrogen-bond donors (Lipinski definition) is 4. The highest BCUT2D eigenvalue weighted by Gasteiger charge is 2.80. The van der Waals surface area contributed by atoms with Crippen molar-refractivity contribution in [2.24, 2.45) is 34.2 Å². The number of rotatable bonds is 9. The van der Waals surface area contributed by atoms with Gasteiger partial charge < -0.3 is 5.32 Å². The number of carbonyl (C=O) groups excluding carboxylic acids is 5. The maximum absolute atomic E-state index is 14.7. The smallest absolute Gasteiger partial charge is 0.254 e. The van der Waals surface area contributed by atoms with Crippen molar-refractivity contribution < 1.29 is 24.0 Å². The van der Waals surface area contributed by atoms with Crippen LogP contribution in [0.4, 0.5) is 17.5 Å². The zero-order chi connectivity index (χ0) is 36.2. The maximum atomic E-state index is 14.7. The summed E-state index contributed by atoms with van der Waals surface area (Å²) in [4.78, 5) is 85.7. The van der Waals surface area contributed by atoms with Gasteiger partial charge in [0.05, 0.1) is 34.9 Å². The minimum absolute atomic E-state index is 0.228. The number of carbonyl (C=O) groups is 5. The van der Waals surface area contributed by atoms with Crippen LogP contribution in [0.1, 0.15) is 24.2 Å². The minimum atomic E-state index is -1.88. The Kier molecular flexibility index (Phi) is 7.63. The molecule has 52 heavy (non-hydrogen) atoms. The zero-order valence-electron chi connectivity index (χ0n) is 27.9. The van der Waals surface area contributed by atoms with Crippen LogP contribution < -0.4 is 21.6 Å². The van der Waals surface area contributed by atoms with E-state index in [0.717, 1.165) is 10.0 Å². The summed E-state index contributed by atoms with van der Waals surface area (Å²) < 4.78 is 0. The summed E-state index contributed by atoms with van der Waals surface area (Å²) in [6.07, 6.45) is 6.26. The van der Waals surface area contributed by atoms with Gasteiger partial charge in [-0.3, -0.25) is 40.3 Å². The molecule has 3 fully saturated rings. The molecule has 2 saturated heterocycles. The third kappa shape index (κ3) is 4.84. The lowest BCUT2D eigenvalue weighted by atomic mass is 9.41. The quantitative estimate of drug-likeness (QED) is 0.114. The molecule has 15 nitrogen and oxygen atoms in total. The number of hydrazone groups is 1. The first kappa shape index (κ1) is 32.4. The molecule has 2 unspecified atom stereocenters. The number of amides is 5. The molecule has 3 aliphatic carbocycles. The highest BCUT2D eigenvalue weighted by molar-refractivity contribution is 6.17. The Morgan fingerprint density at radius 1 is 0.654 bits per heavy atom. The maximum Gasteiger partial charge on any atom is 0.254 e. The van der Waals surface area contributed by atoms with Crippen molar-refractivity contribution in [1.29, 1.82) is 0 Å². The monoisotopic (exact) mass is 696 g/mol. The fourth-order valence-electron chi connectivity index (χ4n) is 8.29. The van der Waals surface area contributed by atoms with Gasteiger partial charge in [0.15, 0.2) is 0 Å². The summed E-state index contributed by atoms with van der Waals surface area (Å²) in [5.41, 5.74) is 6.27. The van der Waals surface area contributed by atoms with Gasteiger partial charge in [-0.25, -0.2) is 15.0 Å². The largest absolute Gasteiger partial charge is 0.341 e. The van der Waals surface area contributed by atoms with Crippen LogP contribution in [0.5, 0.6) is 0 Å². The average Bonchev–Trinajstić information content (AvgIpc) is 3.59. The van der Waals surface area contributed by atoms with Gasteiger partial charge >= 0.3 is 0 Å². The standard InChI is InChI=1S/C37H32N10O5/c1-21(42-43-24-14-6-9-17-38-24)23-20-37(41-31(48)22-12-4-3-5-13-22)29-27(32(49)46(34(29)51)44-25-15-7-10-18-39-25)36(23,2)28-30(37)35(52)47(33(28)50)45-26-16-8-11-19-40-26/h3-20,27-30H,1-2H3,(H,38,43)(H,39,44)(H,40,45)(H,41,48)/b42-21+/t27-,28+,29+,30-,36?,37?. The number of pyridine rings is 3. The van der Waals surface area contributed by atoms with Crippen molar-refractivity contribution in [2.75, 3.05) is 16.3 Å². The van der Waals surface area contributed by atoms with Gasteiger partial charge in [-0.05, 0) is 61.0 Å². The molecule has 5 amide bonds. The molecule has 9 rings (SSSR count). The molecule has 1 saturated carbocycles. The van der Waals surface area contributed by atoms with Gasteiger partial charge in [0.25, 0.3) is 29.5 Å². The van der Waals surface area contributed by atoms with E-state index in [1.807, 2.05) is 0 Å². The Morgan fingerprint density at radius 2 is 1.12 bits per heavy atom. The van der Waals surface area contributed by atoms with E-state index < -0.39 is 64.2 Å². The van der Waals surface area contributed by atoms with Crippen LogP contribution in [-0.2, 0) is 19.2 Å². The van der Waals surface area contributed by atoms with Gasteiger partial charge in [-0.1, -0.05) is 49.4 Å². The lowest BCUT2D eigenvalue weighted by Gasteiger charge is -2.60. The molecule has 260 valence electrons. The van der Waals surface area contributed by atoms with E-state index in [9.17, 15) is 24.0 Å². The molecule has 4 N–H and O–H groups in total. The number of anilines is 3. The Balaban J connectivity index is 1.32. The zero-order valence-corrected chi connectivity index (χ0v) is 27.9. The summed E-state index contributed by atoms with van der Waals surface area (Å²) >= 11 is 0. The van der Waals surface area contributed by atoms with E-state index in [1.165, 1.54) is 12.4 Å². The fourth-order valence-corrected chi connectivity index (χ4v) is 8.29. The first-order valence-corrected chi connectivity index (χ1v) is 16.6. The van der Waals surface area contributed by atoms with Crippen molar-refractivity contribution >= 4 is 52.7 Å². The number of imide groups is 2. The Labute approximate surface area is 297 Å². The van der Waals surface area contributed by atoms with E-state index in [1.54, 1.807) is 111 Å². The third-order valence-electron chi connectivity index (χ3n) is 10.4. The minimum Gasteiger partial charge on any atom is -0.341 e. The number of hydrazine groups is 2. The highest BCUT2D eigenvalue weighted by Crippen LogP contribution is 2.68. The summed E-state index contributed by atoms with van der Waals surface area (Å²) in [5, 5.41) is 9.40. The molecule has 5 aliphatic rings. The van der Waals surface area contributed by atoms with E-state index in [2.05, 4.69) is 41.6 Å². The van der Waals surface area contributed by atoms with Gasteiger partial charge in [0.1, 0.15) is 17.5 Å². The molecule has 3 aromatic heterocycles. The number of nitrogens with one attached hydrogen (secondary N) is 4. The Bertz CT molecular complexity index is 2080. The summed E-state index contributed by atoms with van der Waals surface area (Å²) in [5.74, 6) is -7.43. The molecular formula is C37H32N10O5. The summed E-state index contributed by atoms with van der Waals surface area (Å²) in [7, 11) is 0. The van der Waals surface area contributed by atoms with Crippen LogP contribution in [0.25, 0.3) is 0 Å². The number of nitrogens with zero attached hydrogens (tertiary/aromatic N) is 6. The van der Waals surface area contributed by atoms with Gasteiger partial charge in [0.2, 0.25) is 0 Å². The topological polar surface area (TPSA) is 191 Å². The molecule has 15 heteroatoms. The van der Waals surface area contributed by atoms with Crippen LogP contribution in [0.3, 0.4) is 0 Å². The second-order valence-electron chi connectivity index (χ2n) is 13.2. The van der Waals surface area contributed by atoms with Gasteiger partial charge in [-0.2, -0.15) is 15.1 Å². The normalized spacial score (nSPS) is 27.6. The molecule has 1 aromatic carbocycles. The van der Waals surface area contributed by atoms with Gasteiger partial charge in [-0.15, -0.1) is 0 Å². The SMILES string of the molecule is C/C(=N\Nc1ccccn1)C1=CC2(NC(=O)c3ccccc3)[C@@H]3C(=O)N(Nc4ccccn4)C(=O)[C@@H]3C1(C)[C@@H]1C(=O)N(Nc3ccccn3)C(=O)[C@@H]12. The average molecular weight is 697 g/mol. The number of aromatic nitrogens is 3. The van der Waals surface area contributed by atoms with Crippen LogP contribution in [0.2, 0.25) is 0 Å².